The number of aromatic nitrogens is 4. The van der Waals surface area contributed by atoms with E-state index in [0.717, 1.165) is 10.9 Å². The van der Waals surface area contributed by atoms with Crippen molar-refractivity contribution >= 4 is 17.1 Å². The number of aliphatic hydroxyl groups excluding tert-OH is 3. The number of halogens is 3. The highest BCUT2D eigenvalue weighted by atomic mass is 19.4. The van der Waals surface area contributed by atoms with Gasteiger partial charge in [0.05, 0.1) is 12.9 Å². The van der Waals surface area contributed by atoms with Crippen LogP contribution in [0.2, 0.25) is 0 Å². The fourth-order valence-electron chi connectivity index (χ4n) is 2.53. The van der Waals surface area contributed by atoms with Crippen LogP contribution in [0.1, 0.15) is 6.23 Å². The summed E-state index contributed by atoms with van der Waals surface area (Å²) in [5.74, 6) is -1.12. The summed E-state index contributed by atoms with van der Waals surface area (Å²) in [7, 11) is 0. The molecule has 1 aliphatic heterocycles. The lowest BCUT2D eigenvalue weighted by Crippen LogP contribution is -2.34. The molecule has 3 heterocycles. The molecule has 0 aliphatic carbocycles. The first-order chi connectivity index (χ1) is 11.2. The molecular weight excluding hydrogens is 339 g/mol. The average molecular weight is 351 g/mol. The maximum Gasteiger partial charge on any atom is 0.494 e. The fraction of sp³-hybridized carbons (Fsp3) is 0.545. The molecule has 24 heavy (non-hydrogen) atoms. The average Bonchev–Trinajstić information content (AvgIpc) is 3.00. The van der Waals surface area contributed by atoms with Crippen LogP contribution in [-0.2, 0) is 11.0 Å². The topological polar surface area (TPSA) is 149 Å². The van der Waals surface area contributed by atoms with Crippen molar-refractivity contribution in [1.82, 2.24) is 19.1 Å². The van der Waals surface area contributed by atoms with Crippen molar-refractivity contribution < 1.29 is 33.2 Å². The van der Waals surface area contributed by atoms with Gasteiger partial charge in [-0.05, 0) is 0 Å². The van der Waals surface area contributed by atoms with Gasteiger partial charge >= 0.3 is 6.30 Å². The number of nitrogens with zero attached hydrogens (tertiary/aromatic N) is 4. The standard InChI is InChI=1S/C11H12F3N5O5/c12-11(13,14)19-8(23)4-7(17-10(19)15)18(2-16-4)9-6(22)5(21)3(1-20)24-9/h2-3,5-6,9,20-22H,1H2,(H2,15,17)/t3-,5?,6?,9-/m1/s1. The Balaban J connectivity index is 2.15. The lowest BCUT2D eigenvalue weighted by atomic mass is 10.1. The molecule has 1 fully saturated rings. The first-order valence-corrected chi connectivity index (χ1v) is 6.61. The Morgan fingerprint density at radius 2 is 2.00 bits per heavy atom. The summed E-state index contributed by atoms with van der Waals surface area (Å²) in [6.45, 7) is -0.599. The summed E-state index contributed by atoms with van der Waals surface area (Å²) >= 11 is 0. The third-order valence-electron chi connectivity index (χ3n) is 3.67. The zero-order valence-electron chi connectivity index (χ0n) is 11.8. The predicted octanol–water partition coefficient (Wildman–Crippen LogP) is -1.74. The lowest BCUT2D eigenvalue weighted by molar-refractivity contribution is -0.204. The molecule has 2 unspecified atom stereocenters. The van der Waals surface area contributed by atoms with Crippen LogP contribution in [0.5, 0.6) is 0 Å². The molecule has 4 atom stereocenters. The molecule has 5 N–H and O–H groups in total. The number of rotatable bonds is 2. The van der Waals surface area contributed by atoms with Gasteiger partial charge in [0, 0.05) is 0 Å². The summed E-state index contributed by atoms with van der Waals surface area (Å²) < 4.78 is 44.0. The number of aliphatic hydroxyl groups is 3. The first-order valence-electron chi connectivity index (χ1n) is 6.61. The quantitative estimate of drug-likeness (QED) is 0.498. The molecule has 0 amide bonds. The van der Waals surface area contributed by atoms with E-state index >= 15 is 0 Å². The second kappa shape index (κ2) is 5.41. The van der Waals surface area contributed by atoms with E-state index in [-0.39, 0.29) is 5.65 Å². The van der Waals surface area contributed by atoms with E-state index in [1.807, 2.05) is 0 Å². The third kappa shape index (κ3) is 2.32. The van der Waals surface area contributed by atoms with Crippen molar-refractivity contribution in [2.75, 3.05) is 12.3 Å². The third-order valence-corrected chi connectivity index (χ3v) is 3.67. The number of fused-ring (bicyclic) bond motifs is 1. The summed E-state index contributed by atoms with van der Waals surface area (Å²) in [4.78, 5) is 19.0. The van der Waals surface area contributed by atoms with E-state index in [1.165, 1.54) is 0 Å². The summed E-state index contributed by atoms with van der Waals surface area (Å²) in [5, 5.41) is 28.7. The molecule has 0 aromatic carbocycles. The van der Waals surface area contributed by atoms with Crippen LogP contribution in [0, 0.1) is 0 Å². The first kappa shape index (κ1) is 16.6. The van der Waals surface area contributed by atoms with Crippen molar-refractivity contribution in [3.63, 3.8) is 0 Å². The Labute approximate surface area is 130 Å². The largest absolute Gasteiger partial charge is 0.494 e. The van der Waals surface area contributed by atoms with E-state index in [0.29, 0.717) is 0 Å². The van der Waals surface area contributed by atoms with E-state index in [4.69, 9.17) is 15.6 Å². The molecule has 0 bridgehead atoms. The number of ether oxygens (including phenoxy) is 1. The molecule has 1 saturated heterocycles. The molecule has 2 aromatic rings. The maximum atomic E-state index is 12.8. The van der Waals surface area contributed by atoms with E-state index in [1.54, 1.807) is 0 Å². The summed E-state index contributed by atoms with van der Waals surface area (Å²) in [6.07, 6.45) is -9.53. The zero-order chi connectivity index (χ0) is 17.8. The number of anilines is 1. The van der Waals surface area contributed by atoms with Crippen LogP contribution in [0.3, 0.4) is 0 Å². The molecule has 3 rings (SSSR count). The van der Waals surface area contributed by atoms with Crippen LogP contribution in [0.15, 0.2) is 11.1 Å². The lowest BCUT2D eigenvalue weighted by Gasteiger charge is -2.17. The minimum Gasteiger partial charge on any atom is -0.394 e. The van der Waals surface area contributed by atoms with Gasteiger partial charge in [0.25, 0.3) is 5.56 Å². The molecule has 10 nitrogen and oxygen atoms in total. The molecule has 1 aliphatic rings. The SMILES string of the molecule is Nc1nc2c(ncn2[C@@H]2O[C@H](CO)C(O)C2O)c(=O)n1C(F)(F)F. The molecule has 2 aromatic heterocycles. The minimum absolute atomic E-state index is 0.354. The second-order valence-electron chi connectivity index (χ2n) is 5.13. The molecule has 0 spiro atoms. The van der Waals surface area contributed by atoms with Crippen molar-refractivity contribution in [2.24, 2.45) is 0 Å². The van der Waals surface area contributed by atoms with Gasteiger partial charge in [-0.1, -0.05) is 0 Å². The molecule has 0 saturated carbocycles. The molecular formula is C11H12F3N5O5. The van der Waals surface area contributed by atoms with Crippen molar-refractivity contribution in [3.05, 3.63) is 16.7 Å². The number of alkyl halides is 3. The van der Waals surface area contributed by atoms with Crippen LogP contribution in [0.25, 0.3) is 11.2 Å². The van der Waals surface area contributed by atoms with Crippen molar-refractivity contribution in [1.29, 1.82) is 0 Å². The fourth-order valence-corrected chi connectivity index (χ4v) is 2.53. The van der Waals surface area contributed by atoms with E-state index in [2.05, 4.69) is 9.97 Å². The van der Waals surface area contributed by atoms with Crippen LogP contribution >= 0.6 is 0 Å². The zero-order valence-corrected chi connectivity index (χ0v) is 11.8. The van der Waals surface area contributed by atoms with Gasteiger partial charge in [0.1, 0.15) is 18.3 Å². The number of imidazole rings is 1. The summed E-state index contributed by atoms with van der Waals surface area (Å²) in [5.41, 5.74) is 2.69. The smallest absolute Gasteiger partial charge is 0.394 e. The molecule has 0 radical (unpaired) electrons. The molecule has 13 heteroatoms. The monoisotopic (exact) mass is 351 g/mol. The Kier molecular flexibility index (Phi) is 3.75. The number of hydrogen-bond acceptors (Lipinski definition) is 8. The van der Waals surface area contributed by atoms with E-state index in [9.17, 15) is 28.2 Å². The van der Waals surface area contributed by atoms with Crippen molar-refractivity contribution in [2.45, 2.75) is 30.8 Å². The van der Waals surface area contributed by atoms with E-state index < -0.39 is 59.0 Å². The Morgan fingerprint density at radius 3 is 2.54 bits per heavy atom. The number of nitrogens with two attached hydrogens (primary N) is 1. The van der Waals surface area contributed by atoms with Gasteiger partial charge < -0.3 is 25.8 Å². The highest BCUT2D eigenvalue weighted by Gasteiger charge is 2.44. The second-order valence-corrected chi connectivity index (χ2v) is 5.13. The minimum atomic E-state index is -5.08. The Morgan fingerprint density at radius 1 is 1.33 bits per heavy atom. The van der Waals surface area contributed by atoms with Gasteiger partial charge in [-0.25, -0.2) is 4.98 Å². The van der Waals surface area contributed by atoms with Crippen molar-refractivity contribution in [3.8, 4) is 0 Å². The highest BCUT2D eigenvalue weighted by Crippen LogP contribution is 2.31. The van der Waals surface area contributed by atoms with Crippen LogP contribution in [-0.4, -0.2) is 59.3 Å². The normalized spacial score (nSPS) is 27.9. The highest BCUT2D eigenvalue weighted by molar-refractivity contribution is 5.71. The molecule has 132 valence electrons. The number of nitrogen functional groups attached to an aromatic ring is 1. The van der Waals surface area contributed by atoms with Gasteiger partial charge in [0.15, 0.2) is 17.4 Å². The van der Waals surface area contributed by atoms with Gasteiger partial charge in [-0.2, -0.15) is 9.55 Å². The Bertz CT molecular complexity index is 834. The van der Waals surface area contributed by atoms with Gasteiger partial charge in [-0.15, -0.1) is 13.2 Å². The maximum absolute atomic E-state index is 12.8. The van der Waals surface area contributed by atoms with Crippen LogP contribution in [0.4, 0.5) is 19.1 Å². The Hall–Kier alpha value is -2.22. The number of hydrogen-bond donors (Lipinski definition) is 4. The van der Waals surface area contributed by atoms with Gasteiger partial charge in [-0.3, -0.25) is 9.36 Å². The predicted molar refractivity (Wildman–Crippen MR) is 70.5 cm³/mol. The van der Waals surface area contributed by atoms with Gasteiger partial charge in [0.2, 0.25) is 5.95 Å². The summed E-state index contributed by atoms with van der Waals surface area (Å²) in [6, 6.07) is 0. The van der Waals surface area contributed by atoms with Crippen LogP contribution < -0.4 is 11.3 Å².